The molecular weight excluding hydrogens is 252 g/mol. The van der Waals surface area contributed by atoms with Crippen LogP contribution in [0.4, 0.5) is 0 Å². The minimum Gasteiger partial charge on any atom is -0.481 e. The van der Waals surface area contributed by atoms with Crippen LogP contribution in [0.15, 0.2) is 0 Å². The molecule has 1 rings (SSSR count). The van der Waals surface area contributed by atoms with Gasteiger partial charge in [0.2, 0.25) is 5.91 Å². The zero-order valence-electron chi connectivity index (χ0n) is 11.1. The summed E-state index contributed by atoms with van der Waals surface area (Å²) in [5.41, 5.74) is 1.49. The largest absolute Gasteiger partial charge is 0.481 e. The van der Waals surface area contributed by atoms with Crippen LogP contribution >= 0.6 is 0 Å². The molecule has 3 atom stereocenters. The molecule has 7 nitrogen and oxygen atoms in total. The van der Waals surface area contributed by atoms with Gasteiger partial charge in [0.05, 0.1) is 11.8 Å². The van der Waals surface area contributed by atoms with Crippen molar-refractivity contribution in [2.75, 3.05) is 7.05 Å². The van der Waals surface area contributed by atoms with Gasteiger partial charge in [0.15, 0.2) is 0 Å². The number of hydroxylamine groups is 1. The molecule has 0 bridgehead atoms. The summed E-state index contributed by atoms with van der Waals surface area (Å²) in [4.78, 5) is 35.9. The Balaban J connectivity index is 2.79. The van der Waals surface area contributed by atoms with E-state index in [1.165, 1.54) is 24.4 Å². The number of carbonyl (C=O) groups excluding carboxylic acids is 2. The predicted molar refractivity (Wildman–Crippen MR) is 65.2 cm³/mol. The molecule has 1 unspecified atom stereocenters. The fourth-order valence-electron chi connectivity index (χ4n) is 2.44. The fourth-order valence-corrected chi connectivity index (χ4v) is 2.44. The number of hydrogen-bond donors (Lipinski definition) is 3. The van der Waals surface area contributed by atoms with Crippen molar-refractivity contribution in [3.8, 4) is 0 Å². The van der Waals surface area contributed by atoms with Gasteiger partial charge in [-0.25, -0.2) is 5.48 Å². The zero-order valence-corrected chi connectivity index (χ0v) is 11.1. The molecule has 1 aliphatic rings. The Morgan fingerprint density at radius 1 is 1.21 bits per heavy atom. The first-order valence-electron chi connectivity index (χ1n) is 6.33. The molecular formula is C12H20N2O5. The van der Waals surface area contributed by atoms with E-state index in [9.17, 15) is 14.4 Å². The highest BCUT2D eigenvalue weighted by Gasteiger charge is 2.38. The standard InChI is InChI=1S/C12H20N2O5/c1-7(10(15)13-19)14(2)11(16)8-5-3-4-6-9(8)12(17)18/h7-9,19H,3-6H2,1-2H3,(H,13,15)(H,17,18)/t7?,8-,9+/m1/s1. The molecule has 0 saturated heterocycles. The van der Waals surface area contributed by atoms with E-state index in [1.54, 1.807) is 0 Å². The Bertz CT molecular complexity index is 371. The van der Waals surface area contributed by atoms with E-state index in [2.05, 4.69) is 0 Å². The first-order chi connectivity index (χ1) is 8.90. The smallest absolute Gasteiger partial charge is 0.307 e. The number of nitrogens with one attached hydrogen (secondary N) is 1. The maximum absolute atomic E-state index is 12.3. The number of amides is 2. The third-order valence-corrected chi connectivity index (χ3v) is 3.82. The van der Waals surface area contributed by atoms with Crippen LogP contribution in [0.25, 0.3) is 0 Å². The third-order valence-electron chi connectivity index (χ3n) is 3.82. The average Bonchev–Trinajstić information content (AvgIpc) is 2.43. The first kappa shape index (κ1) is 15.4. The summed E-state index contributed by atoms with van der Waals surface area (Å²) in [6.45, 7) is 1.47. The molecule has 0 aromatic carbocycles. The zero-order chi connectivity index (χ0) is 14.6. The molecule has 0 heterocycles. The van der Waals surface area contributed by atoms with E-state index in [0.29, 0.717) is 12.8 Å². The van der Waals surface area contributed by atoms with Gasteiger partial charge >= 0.3 is 5.97 Å². The quantitative estimate of drug-likeness (QED) is 0.501. The monoisotopic (exact) mass is 272 g/mol. The number of rotatable bonds is 4. The van der Waals surface area contributed by atoms with Gasteiger partial charge in [0, 0.05) is 7.05 Å². The van der Waals surface area contributed by atoms with Crippen molar-refractivity contribution < 1.29 is 24.7 Å². The van der Waals surface area contributed by atoms with E-state index in [-0.39, 0.29) is 5.91 Å². The topological polar surface area (TPSA) is 107 Å². The minimum atomic E-state index is -0.967. The van der Waals surface area contributed by atoms with Crippen molar-refractivity contribution in [3.63, 3.8) is 0 Å². The van der Waals surface area contributed by atoms with Crippen molar-refractivity contribution in [3.05, 3.63) is 0 Å². The van der Waals surface area contributed by atoms with Gasteiger partial charge in [-0.3, -0.25) is 19.6 Å². The van der Waals surface area contributed by atoms with Crippen LogP contribution in [0.1, 0.15) is 32.6 Å². The highest BCUT2D eigenvalue weighted by atomic mass is 16.5. The summed E-state index contributed by atoms with van der Waals surface area (Å²) in [6.07, 6.45) is 2.62. The lowest BCUT2D eigenvalue weighted by Crippen LogP contribution is -2.49. The second kappa shape index (κ2) is 6.51. The van der Waals surface area contributed by atoms with Crippen molar-refractivity contribution >= 4 is 17.8 Å². The summed E-state index contributed by atoms with van der Waals surface area (Å²) >= 11 is 0. The van der Waals surface area contributed by atoms with Gasteiger partial charge in [-0.2, -0.15) is 0 Å². The molecule has 2 amide bonds. The van der Waals surface area contributed by atoms with Gasteiger partial charge in [-0.05, 0) is 19.8 Å². The number of likely N-dealkylation sites (N-methyl/N-ethyl adjacent to an activating group) is 1. The Labute approximate surface area is 111 Å². The molecule has 0 radical (unpaired) electrons. The summed E-state index contributed by atoms with van der Waals surface area (Å²) in [7, 11) is 1.44. The lowest BCUT2D eigenvalue weighted by Gasteiger charge is -2.33. The van der Waals surface area contributed by atoms with Crippen LogP contribution in [-0.2, 0) is 14.4 Å². The molecule has 0 aliphatic heterocycles. The lowest BCUT2D eigenvalue weighted by molar-refractivity contribution is -0.154. The summed E-state index contributed by atoms with van der Waals surface area (Å²) in [5, 5.41) is 17.7. The third kappa shape index (κ3) is 3.44. The maximum Gasteiger partial charge on any atom is 0.307 e. The highest BCUT2D eigenvalue weighted by molar-refractivity contribution is 5.89. The number of hydrogen-bond acceptors (Lipinski definition) is 4. The van der Waals surface area contributed by atoms with Gasteiger partial charge in [0.25, 0.3) is 5.91 Å². The molecule has 19 heavy (non-hydrogen) atoms. The van der Waals surface area contributed by atoms with Gasteiger partial charge in [-0.1, -0.05) is 12.8 Å². The predicted octanol–water partition coefficient (Wildman–Crippen LogP) is 0.230. The number of carbonyl (C=O) groups is 3. The van der Waals surface area contributed by atoms with Crippen LogP contribution in [0.2, 0.25) is 0 Å². The van der Waals surface area contributed by atoms with Crippen molar-refractivity contribution in [1.82, 2.24) is 10.4 Å². The molecule has 0 aromatic heterocycles. The summed E-state index contributed by atoms with van der Waals surface area (Å²) in [6, 6.07) is -0.839. The second-order valence-electron chi connectivity index (χ2n) is 4.94. The molecule has 0 spiro atoms. The van der Waals surface area contributed by atoms with E-state index in [0.717, 1.165) is 12.8 Å². The van der Waals surface area contributed by atoms with Crippen LogP contribution < -0.4 is 5.48 Å². The Morgan fingerprint density at radius 3 is 2.21 bits per heavy atom. The number of nitrogens with zero attached hydrogens (tertiary/aromatic N) is 1. The van der Waals surface area contributed by atoms with E-state index < -0.39 is 29.8 Å². The molecule has 3 N–H and O–H groups in total. The van der Waals surface area contributed by atoms with Crippen molar-refractivity contribution in [1.29, 1.82) is 0 Å². The molecule has 1 fully saturated rings. The normalized spacial score (nSPS) is 24.4. The second-order valence-corrected chi connectivity index (χ2v) is 4.94. The molecule has 7 heteroatoms. The molecule has 108 valence electrons. The fraction of sp³-hybridized carbons (Fsp3) is 0.750. The van der Waals surface area contributed by atoms with Gasteiger partial charge in [0.1, 0.15) is 6.04 Å². The van der Waals surface area contributed by atoms with Crippen LogP contribution in [0, 0.1) is 11.8 Å². The average molecular weight is 272 g/mol. The van der Waals surface area contributed by atoms with Crippen LogP contribution in [-0.4, -0.2) is 46.1 Å². The number of carboxylic acids is 1. The Morgan fingerprint density at radius 2 is 1.74 bits per heavy atom. The van der Waals surface area contributed by atoms with Crippen molar-refractivity contribution in [2.45, 2.75) is 38.6 Å². The maximum atomic E-state index is 12.3. The summed E-state index contributed by atoms with van der Waals surface area (Å²) in [5.74, 6) is -3.30. The Kier molecular flexibility index (Phi) is 5.29. The molecule has 0 aromatic rings. The SMILES string of the molecule is CC(C(=O)NO)N(C)C(=O)[C@@H]1CCCC[C@@H]1C(=O)O. The van der Waals surface area contributed by atoms with Gasteiger partial charge in [-0.15, -0.1) is 0 Å². The highest BCUT2D eigenvalue weighted by Crippen LogP contribution is 2.31. The number of aliphatic carboxylic acids is 1. The summed E-state index contributed by atoms with van der Waals surface area (Å²) < 4.78 is 0. The Hall–Kier alpha value is -1.63. The molecule has 1 saturated carbocycles. The van der Waals surface area contributed by atoms with Crippen LogP contribution in [0.3, 0.4) is 0 Å². The number of carboxylic acid groups (broad SMARTS) is 1. The van der Waals surface area contributed by atoms with Crippen molar-refractivity contribution in [2.24, 2.45) is 11.8 Å². The lowest BCUT2D eigenvalue weighted by atomic mass is 9.78. The molecule has 1 aliphatic carbocycles. The van der Waals surface area contributed by atoms with E-state index in [1.807, 2.05) is 0 Å². The first-order valence-corrected chi connectivity index (χ1v) is 6.33. The van der Waals surface area contributed by atoms with E-state index in [4.69, 9.17) is 10.3 Å². The minimum absolute atomic E-state index is 0.358. The van der Waals surface area contributed by atoms with E-state index >= 15 is 0 Å². The van der Waals surface area contributed by atoms with Crippen LogP contribution in [0.5, 0.6) is 0 Å². The van der Waals surface area contributed by atoms with Gasteiger partial charge < -0.3 is 10.0 Å².